The van der Waals surface area contributed by atoms with E-state index in [1.165, 1.54) is 6.07 Å². The second-order valence-electron chi connectivity index (χ2n) is 6.81. The first-order valence-corrected chi connectivity index (χ1v) is 7.70. The predicted molar refractivity (Wildman–Crippen MR) is 89.9 cm³/mol. The zero-order valence-electron chi connectivity index (χ0n) is 14.4. The second-order valence-corrected chi connectivity index (χ2v) is 6.81. The quantitative estimate of drug-likeness (QED) is 0.662. The first-order valence-electron chi connectivity index (χ1n) is 7.70. The molecule has 0 radical (unpaired) electrons. The number of rotatable bonds is 3. The van der Waals surface area contributed by atoms with Crippen LogP contribution >= 0.6 is 0 Å². The Morgan fingerprint density at radius 1 is 1.50 bits per heavy atom. The normalized spacial score (nSPS) is 17.7. The molecule has 0 saturated carbocycles. The number of nitrogens with two attached hydrogens (primary N) is 1. The first kappa shape index (κ1) is 17.8. The van der Waals surface area contributed by atoms with Gasteiger partial charge in [-0.25, -0.2) is 9.78 Å². The Morgan fingerprint density at radius 3 is 2.71 bits per heavy atom. The van der Waals surface area contributed by atoms with Gasteiger partial charge in [0.1, 0.15) is 11.4 Å². The molecule has 0 bridgehead atoms. The molecule has 24 heavy (non-hydrogen) atoms. The minimum atomic E-state index is -0.560. The van der Waals surface area contributed by atoms with Gasteiger partial charge in [-0.15, -0.1) is 0 Å². The van der Waals surface area contributed by atoms with E-state index < -0.39 is 10.5 Å². The summed E-state index contributed by atoms with van der Waals surface area (Å²) in [6.07, 6.45) is 0.388. The van der Waals surface area contributed by atoms with Gasteiger partial charge in [0, 0.05) is 26.2 Å². The number of hydrogen-bond acceptors (Lipinski definition) is 7. The lowest BCUT2D eigenvalue weighted by Crippen LogP contribution is -2.42. The van der Waals surface area contributed by atoms with Crippen LogP contribution in [0.3, 0.4) is 0 Å². The molecule has 1 aliphatic rings. The maximum atomic E-state index is 12.1. The summed E-state index contributed by atoms with van der Waals surface area (Å²) in [6, 6.07) is 2.91. The van der Waals surface area contributed by atoms with Crippen LogP contribution in [0.5, 0.6) is 0 Å². The fourth-order valence-corrected chi connectivity index (χ4v) is 2.54. The zero-order chi connectivity index (χ0) is 18.1. The Labute approximate surface area is 140 Å². The van der Waals surface area contributed by atoms with E-state index in [1.807, 2.05) is 25.7 Å². The van der Waals surface area contributed by atoms with Gasteiger partial charge in [-0.2, -0.15) is 0 Å². The highest BCUT2D eigenvalue weighted by Gasteiger charge is 2.32. The standard InChI is InChI=1S/C15H23N5O4/c1-15(2,3)24-14(21)18(4)10-7-8-19(9-10)12-6-5-11(20(22)23)13(16)17-12/h5-6,10H,7-9H2,1-4H3,(H2,16,17)/t10-/m1/s1. The fraction of sp³-hybridized carbons (Fsp3) is 0.600. The van der Waals surface area contributed by atoms with Gasteiger partial charge in [0.25, 0.3) is 0 Å². The molecule has 1 fully saturated rings. The van der Waals surface area contributed by atoms with Crippen LogP contribution in [0.1, 0.15) is 27.2 Å². The molecule has 0 aromatic carbocycles. The van der Waals surface area contributed by atoms with E-state index in [0.29, 0.717) is 18.9 Å². The third-order valence-corrected chi connectivity index (χ3v) is 3.80. The SMILES string of the molecule is CN(C(=O)OC(C)(C)C)[C@@H]1CCN(c2ccc([N+](=O)[O-])c(N)n2)C1. The molecule has 2 rings (SSSR count). The molecule has 0 aliphatic carbocycles. The van der Waals surface area contributed by atoms with Crippen LogP contribution in [-0.4, -0.2) is 52.7 Å². The van der Waals surface area contributed by atoms with Crippen LogP contribution in [0.25, 0.3) is 0 Å². The highest BCUT2D eigenvalue weighted by molar-refractivity contribution is 5.68. The van der Waals surface area contributed by atoms with Crippen molar-refractivity contribution in [3.8, 4) is 0 Å². The van der Waals surface area contributed by atoms with Crippen molar-refractivity contribution in [2.45, 2.75) is 38.8 Å². The molecule has 1 atom stereocenters. The molecule has 2 heterocycles. The number of carbonyl (C=O) groups is 1. The number of carbonyl (C=O) groups excluding carboxylic acids is 1. The Hall–Kier alpha value is -2.58. The largest absolute Gasteiger partial charge is 0.444 e. The summed E-state index contributed by atoms with van der Waals surface area (Å²) in [5, 5.41) is 10.8. The number of nitro groups is 1. The van der Waals surface area contributed by atoms with E-state index in [2.05, 4.69) is 4.98 Å². The van der Waals surface area contributed by atoms with Crippen molar-refractivity contribution in [3.05, 3.63) is 22.2 Å². The van der Waals surface area contributed by atoms with Crippen molar-refractivity contribution in [3.63, 3.8) is 0 Å². The van der Waals surface area contributed by atoms with E-state index in [9.17, 15) is 14.9 Å². The van der Waals surface area contributed by atoms with Gasteiger partial charge in [0.05, 0.1) is 11.0 Å². The maximum Gasteiger partial charge on any atom is 0.410 e. The van der Waals surface area contributed by atoms with Crippen molar-refractivity contribution in [2.24, 2.45) is 0 Å². The summed E-state index contributed by atoms with van der Waals surface area (Å²) in [6.45, 7) is 6.72. The molecule has 1 saturated heterocycles. The topological polar surface area (TPSA) is 115 Å². The van der Waals surface area contributed by atoms with Crippen molar-refractivity contribution in [2.75, 3.05) is 30.8 Å². The smallest absolute Gasteiger partial charge is 0.410 e. The van der Waals surface area contributed by atoms with Crippen LogP contribution in [0, 0.1) is 10.1 Å². The lowest BCUT2D eigenvalue weighted by atomic mass is 10.2. The van der Waals surface area contributed by atoms with Crippen LogP contribution in [0.15, 0.2) is 12.1 Å². The Bertz CT molecular complexity index is 643. The number of anilines is 2. The van der Waals surface area contributed by atoms with Crippen LogP contribution in [0.4, 0.5) is 22.1 Å². The van der Waals surface area contributed by atoms with Crippen LogP contribution < -0.4 is 10.6 Å². The lowest BCUT2D eigenvalue weighted by molar-refractivity contribution is -0.384. The second kappa shape index (κ2) is 6.50. The van der Waals surface area contributed by atoms with E-state index in [1.54, 1.807) is 18.0 Å². The van der Waals surface area contributed by atoms with Crippen molar-refractivity contribution in [1.82, 2.24) is 9.88 Å². The van der Waals surface area contributed by atoms with E-state index >= 15 is 0 Å². The summed E-state index contributed by atoms with van der Waals surface area (Å²) in [5.74, 6) is 0.458. The Balaban J connectivity index is 2.04. The fourth-order valence-electron chi connectivity index (χ4n) is 2.54. The molecule has 9 heteroatoms. The third-order valence-electron chi connectivity index (χ3n) is 3.80. The molecular formula is C15H23N5O4. The van der Waals surface area contributed by atoms with Crippen LogP contribution in [0.2, 0.25) is 0 Å². The number of nitrogen functional groups attached to an aromatic ring is 1. The third kappa shape index (κ3) is 4.03. The minimum absolute atomic E-state index is 0.0157. The van der Waals surface area contributed by atoms with Gasteiger partial charge in [0.15, 0.2) is 0 Å². The van der Waals surface area contributed by atoms with Gasteiger partial charge >= 0.3 is 11.8 Å². The number of hydrogen-bond donors (Lipinski definition) is 1. The Morgan fingerprint density at radius 2 is 2.17 bits per heavy atom. The van der Waals surface area contributed by atoms with Crippen molar-refractivity contribution < 1.29 is 14.5 Å². The maximum absolute atomic E-state index is 12.1. The first-order chi connectivity index (χ1) is 11.1. The van der Waals surface area contributed by atoms with Gasteiger partial charge < -0.3 is 20.3 Å². The molecule has 1 aromatic rings. The molecule has 132 valence electrons. The molecule has 0 spiro atoms. The monoisotopic (exact) mass is 337 g/mol. The average molecular weight is 337 g/mol. The highest BCUT2D eigenvalue weighted by atomic mass is 16.6. The van der Waals surface area contributed by atoms with Crippen LogP contribution in [-0.2, 0) is 4.74 Å². The molecule has 2 N–H and O–H groups in total. The van der Waals surface area contributed by atoms with Gasteiger partial charge in [-0.1, -0.05) is 0 Å². The molecule has 1 aliphatic heterocycles. The number of pyridine rings is 1. The summed E-state index contributed by atoms with van der Waals surface area (Å²) >= 11 is 0. The molecule has 1 aromatic heterocycles. The van der Waals surface area contributed by atoms with E-state index in [4.69, 9.17) is 10.5 Å². The molecule has 0 unspecified atom stereocenters. The number of ether oxygens (including phenoxy) is 1. The molecular weight excluding hydrogens is 314 g/mol. The Kier molecular flexibility index (Phi) is 4.81. The highest BCUT2D eigenvalue weighted by Crippen LogP contribution is 2.26. The zero-order valence-corrected chi connectivity index (χ0v) is 14.4. The van der Waals surface area contributed by atoms with Gasteiger partial charge in [-0.3, -0.25) is 10.1 Å². The summed E-state index contributed by atoms with van der Waals surface area (Å²) < 4.78 is 5.37. The summed E-state index contributed by atoms with van der Waals surface area (Å²) in [4.78, 5) is 30.0. The number of amides is 1. The average Bonchev–Trinajstić information content (AvgIpc) is 2.93. The molecule has 1 amide bonds. The van der Waals surface area contributed by atoms with Gasteiger partial charge in [0.2, 0.25) is 5.82 Å². The predicted octanol–water partition coefficient (Wildman–Crippen LogP) is 2.02. The van der Waals surface area contributed by atoms with E-state index in [-0.39, 0.29) is 23.6 Å². The van der Waals surface area contributed by atoms with E-state index in [0.717, 1.165) is 6.42 Å². The van der Waals surface area contributed by atoms with Crippen molar-refractivity contribution >= 4 is 23.4 Å². The lowest BCUT2D eigenvalue weighted by Gasteiger charge is -2.28. The van der Waals surface area contributed by atoms with Gasteiger partial charge in [-0.05, 0) is 33.3 Å². The molecule has 9 nitrogen and oxygen atoms in total. The number of likely N-dealkylation sites (N-methyl/N-ethyl adjacent to an activating group) is 1. The number of nitrogens with zero attached hydrogens (tertiary/aromatic N) is 4. The van der Waals surface area contributed by atoms with Crippen molar-refractivity contribution in [1.29, 1.82) is 0 Å². The summed E-state index contributed by atoms with van der Waals surface area (Å²) in [5.41, 5.74) is 4.89. The number of aromatic nitrogens is 1. The summed E-state index contributed by atoms with van der Waals surface area (Å²) in [7, 11) is 1.71. The minimum Gasteiger partial charge on any atom is -0.444 e.